The summed E-state index contributed by atoms with van der Waals surface area (Å²) in [5, 5.41) is 32.6. The molecule has 0 radical (unpaired) electrons. The molecule has 52 heavy (non-hydrogen) atoms. The molecular weight excluding hydrogens is 743 g/mol. The Morgan fingerprint density at radius 2 is 0.731 bits per heavy atom. The van der Waals surface area contributed by atoms with Gasteiger partial charge in [-0.3, -0.25) is 34.0 Å². The maximum Gasteiger partial charge on any atom is 0.317 e. The first-order valence-corrected chi connectivity index (χ1v) is 19.4. The number of hydrogen-bond donors (Lipinski definition) is 3. The molecule has 0 aromatic heterocycles. The predicted octanol–water partition coefficient (Wildman–Crippen LogP) is 0.160. The fourth-order valence-electron chi connectivity index (χ4n) is 6.84. The Kier molecular flexibility index (Phi) is 15.9. The second-order valence-electron chi connectivity index (χ2n) is 13.1. The normalized spacial score (nSPS) is 15.8. The van der Waals surface area contributed by atoms with Gasteiger partial charge in [-0.25, -0.2) is 0 Å². The van der Waals surface area contributed by atoms with Crippen LogP contribution in [0, 0.1) is 0 Å². The highest BCUT2D eigenvalue weighted by Gasteiger charge is 2.45. The van der Waals surface area contributed by atoms with Crippen molar-refractivity contribution in [3.63, 3.8) is 0 Å². The van der Waals surface area contributed by atoms with Gasteiger partial charge >= 0.3 is 17.9 Å². The standard InChI is InChI=1S/C40H47N4O6P.BrH/c45-38(46)29-42-22-20-41(21-23-43(30-39(47)48)25-27-44(26-24-42)31-40(49)50)28-33-16-18-34(19-17-33)32-51(35-10-4-1-5-11-35,36-12-6-2-7-13-36)37-14-8-3-9-15-37;/h1-19H,20-32H2,(H2-,45,46,47,48,49,50);1H. The molecule has 4 aromatic carbocycles. The Bertz CT molecular complexity index is 1570. The zero-order valence-corrected chi connectivity index (χ0v) is 31.8. The van der Waals surface area contributed by atoms with Crippen molar-refractivity contribution in [1.82, 2.24) is 19.6 Å². The van der Waals surface area contributed by atoms with Crippen LogP contribution in [0.5, 0.6) is 0 Å². The van der Waals surface area contributed by atoms with E-state index in [1.807, 2.05) is 9.80 Å². The molecule has 5 rings (SSSR count). The molecule has 1 aliphatic heterocycles. The largest absolute Gasteiger partial charge is 1.00 e. The van der Waals surface area contributed by atoms with E-state index < -0.39 is 25.2 Å². The summed E-state index contributed by atoms with van der Waals surface area (Å²) in [6.45, 7) is 3.87. The third-order valence-electron chi connectivity index (χ3n) is 9.45. The molecule has 0 unspecified atom stereocenters. The van der Waals surface area contributed by atoms with Gasteiger partial charge in [0.2, 0.25) is 0 Å². The van der Waals surface area contributed by atoms with E-state index in [0.29, 0.717) is 58.9 Å². The van der Waals surface area contributed by atoms with Gasteiger partial charge in [-0.15, -0.1) is 0 Å². The van der Waals surface area contributed by atoms with E-state index >= 15 is 0 Å². The monoisotopic (exact) mass is 790 g/mol. The lowest BCUT2D eigenvalue weighted by atomic mass is 10.1. The third kappa shape index (κ3) is 11.8. The molecule has 0 aliphatic carbocycles. The molecule has 12 heteroatoms. The third-order valence-corrected chi connectivity index (χ3v) is 13.8. The van der Waals surface area contributed by atoms with Gasteiger partial charge in [0.15, 0.2) is 0 Å². The average molecular weight is 792 g/mol. The van der Waals surface area contributed by atoms with Crippen molar-refractivity contribution in [1.29, 1.82) is 0 Å². The Balaban J connectivity index is 0.00000605. The van der Waals surface area contributed by atoms with Crippen LogP contribution < -0.4 is 32.9 Å². The molecule has 1 heterocycles. The van der Waals surface area contributed by atoms with E-state index in [1.54, 1.807) is 4.90 Å². The van der Waals surface area contributed by atoms with Crippen LogP contribution in [0.15, 0.2) is 115 Å². The number of aliphatic carboxylic acids is 3. The Hall–Kier alpha value is -3.96. The highest BCUT2D eigenvalue weighted by Crippen LogP contribution is 2.58. The summed E-state index contributed by atoms with van der Waals surface area (Å²) in [5.41, 5.74) is 2.36. The molecule has 4 aromatic rings. The molecular formula is C40H48BrN4O6P. The fraction of sp³-hybridized carbons (Fsp3) is 0.325. The maximum absolute atomic E-state index is 11.7. The summed E-state index contributed by atoms with van der Waals surface area (Å²) in [7, 11) is -2.06. The van der Waals surface area contributed by atoms with E-state index in [0.717, 1.165) is 11.7 Å². The summed E-state index contributed by atoms with van der Waals surface area (Å²) in [6.07, 6.45) is 0.863. The van der Waals surface area contributed by atoms with Gasteiger partial charge in [-0.1, -0.05) is 78.9 Å². The SMILES string of the molecule is O=C(O)CN1CCN(CC(=O)O)CCN(Cc2ccc(C[P+](c3ccccc3)(c3ccccc3)c3ccccc3)cc2)CCN(CC(=O)O)CC1.[Br-]. The van der Waals surface area contributed by atoms with Crippen LogP contribution in [-0.2, 0) is 27.1 Å². The first-order valence-electron chi connectivity index (χ1n) is 17.4. The summed E-state index contributed by atoms with van der Waals surface area (Å²) in [6, 6.07) is 41.3. The van der Waals surface area contributed by atoms with Crippen LogP contribution in [-0.4, -0.2) is 125 Å². The summed E-state index contributed by atoms with van der Waals surface area (Å²) >= 11 is 0. The minimum atomic E-state index is -2.06. The van der Waals surface area contributed by atoms with Gasteiger partial charge in [0.1, 0.15) is 23.2 Å². The van der Waals surface area contributed by atoms with Crippen molar-refractivity contribution >= 4 is 41.1 Å². The average Bonchev–Trinajstić information content (AvgIpc) is 3.13. The summed E-state index contributed by atoms with van der Waals surface area (Å²) < 4.78 is 0. The Labute approximate surface area is 317 Å². The highest BCUT2D eigenvalue weighted by atomic mass is 79.9. The van der Waals surface area contributed by atoms with Gasteiger partial charge in [0.25, 0.3) is 0 Å². The molecule has 10 nitrogen and oxygen atoms in total. The zero-order chi connectivity index (χ0) is 36.1. The second kappa shape index (κ2) is 20.3. The van der Waals surface area contributed by atoms with Crippen LogP contribution in [0.4, 0.5) is 0 Å². The lowest BCUT2D eigenvalue weighted by Gasteiger charge is -2.33. The van der Waals surface area contributed by atoms with Crippen molar-refractivity contribution in [3.05, 3.63) is 126 Å². The van der Waals surface area contributed by atoms with Gasteiger partial charge in [0, 0.05) is 58.9 Å². The summed E-state index contributed by atoms with van der Waals surface area (Å²) in [4.78, 5) is 42.6. The Morgan fingerprint density at radius 3 is 1.04 bits per heavy atom. The van der Waals surface area contributed by atoms with Gasteiger partial charge < -0.3 is 32.3 Å². The highest BCUT2D eigenvalue weighted by molar-refractivity contribution is 7.95. The van der Waals surface area contributed by atoms with Crippen LogP contribution >= 0.6 is 7.26 Å². The van der Waals surface area contributed by atoms with E-state index in [-0.39, 0.29) is 36.6 Å². The van der Waals surface area contributed by atoms with Crippen molar-refractivity contribution in [2.45, 2.75) is 12.7 Å². The van der Waals surface area contributed by atoms with Crippen LogP contribution in [0.1, 0.15) is 11.1 Å². The number of hydrogen-bond acceptors (Lipinski definition) is 7. The first-order chi connectivity index (χ1) is 24.7. The smallest absolute Gasteiger partial charge is 0.317 e. The summed E-state index contributed by atoms with van der Waals surface area (Å²) in [5.74, 6) is -2.83. The maximum atomic E-state index is 11.7. The molecule has 0 bridgehead atoms. The molecule has 0 saturated carbocycles. The van der Waals surface area contributed by atoms with Crippen molar-refractivity contribution in [3.8, 4) is 0 Å². The van der Waals surface area contributed by atoms with Gasteiger partial charge in [-0.05, 0) is 47.5 Å². The predicted molar refractivity (Wildman–Crippen MR) is 203 cm³/mol. The van der Waals surface area contributed by atoms with Gasteiger partial charge in [-0.2, -0.15) is 0 Å². The molecule has 3 N–H and O–H groups in total. The van der Waals surface area contributed by atoms with E-state index in [4.69, 9.17) is 0 Å². The number of rotatable bonds is 13. The Morgan fingerprint density at radius 1 is 0.442 bits per heavy atom. The number of benzene rings is 4. The zero-order valence-electron chi connectivity index (χ0n) is 29.3. The van der Waals surface area contributed by atoms with Gasteiger partial charge in [0.05, 0.1) is 25.8 Å². The fourth-order valence-corrected chi connectivity index (χ4v) is 11.1. The number of carboxylic acid groups (broad SMARTS) is 3. The minimum absolute atomic E-state index is 0. The van der Waals surface area contributed by atoms with E-state index in [9.17, 15) is 29.7 Å². The topological polar surface area (TPSA) is 125 Å². The van der Waals surface area contributed by atoms with E-state index in [1.165, 1.54) is 21.5 Å². The molecule has 0 amide bonds. The van der Waals surface area contributed by atoms with E-state index in [2.05, 4.69) is 120 Å². The number of halogens is 1. The molecule has 1 saturated heterocycles. The lowest BCUT2D eigenvalue weighted by molar-refractivity contribution is -0.140. The quantitative estimate of drug-likeness (QED) is 0.162. The molecule has 0 atom stereocenters. The second-order valence-corrected chi connectivity index (χ2v) is 16.6. The van der Waals surface area contributed by atoms with Crippen molar-refractivity contribution < 1.29 is 46.7 Å². The molecule has 0 spiro atoms. The molecule has 1 fully saturated rings. The van der Waals surface area contributed by atoms with Crippen molar-refractivity contribution in [2.75, 3.05) is 72.0 Å². The van der Waals surface area contributed by atoms with Crippen LogP contribution in [0.3, 0.4) is 0 Å². The number of nitrogens with zero attached hydrogens (tertiary/aromatic N) is 4. The molecule has 276 valence electrons. The first kappa shape index (κ1) is 40.8. The lowest BCUT2D eigenvalue weighted by Crippen LogP contribution is -3.00. The number of carbonyl (C=O) groups is 3. The van der Waals surface area contributed by atoms with Crippen LogP contribution in [0.2, 0.25) is 0 Å². The molecule has 1 aliphatic rings. The minimum Gasteiger partial charge on any atom is -1.00 e. The number of carboxylic acids is 3. The van der Waals surface area contributed by atoms with Crippen molar-refractivity contribution in [2.24, 2.45) is 0 Å². The van der Waals surface area contributed by atoms with Crippen LogP contribution in [0.25, 0.3) is 0 Å².